The summed E-state index contributed by atoms with van der Waals surface area (Å²) in [7, 11) is 0. The van der Waals surface area contributed by atoms with Crippen LogP contribution in [0.5, 0.6) is 0 Å². The summed E-state index contributed by atoms with van der Waals surface area (Å²) in [6.45, 7) is 10.7. The molecule has 1 N–H and O–H groups in total. The lowest BCUT2D eigenvalue weighted by atomic mass is 10.1. The van der Waals surface area contributed by atoms with Crippen molar-refractivity contribution in [2.75, 3.05) is 24.6 Å². The molecule has 0 radical (unpaired) electrons. The largest absolute Gasteiger partial charge is 0.444 e. The molecule has 0 spiro atoms. The predicted octanol–water partition coefficient (Wildman–Crippen LogP) is 2.94. The van der Waals surface area contributed by atoms with Crippen molar-refractivity contribution < 1.29 is 14.3 Å². The van der Waals surface area contributed by atoms with Crippen LogP contribution in [-0.4, -0.2) is 37.5 Å². The fourth-order valence-electron chi connectivity index (χ4n) is 2.37. The Balaban J connectivity index is 1.85. The van der Waals surface area contributed by atoms with Crippen molar-refractivity contribution in [3.8, 4) is 0 Å². The molecule has 122 valence electrons. The van der Waals surface area contributed by atoms with Crippen molar-refractivity contribution >= 4 is 11.8 Å². The third-order valence-electron chi connectivity index (χ3n) is 3.38. The molecule has 1 saturated heterocycles. The van der Waals surface area contributed by atoms with E-state index < -0.39 is 11.7 Å². The van der Waals surface area contributed by atoms with Crippen molar-refractivity contribution in [3.05, 3.63) is 29.8 Å². The van der Waals surface area contributed by atoms with E-state index in [2.05, 4.69) is 29.3 Å². The third-order valence-corrected chi connectivity index (χ3v) is 3.38. The lowest BCUT2D eigenvalue weighted by molar-refractivity contribution is 0.0521. The van der Waals surface area contributed by atoms with Gasteiger partial charge in [0.15, 0.2) is 0 Å². The first-order valence-corrected chi connectivity index (χ1v) is 7.76. The second kappa shape index (κ2) is 7.01. The molecule has 1 unspecified atom stereocenters. The summed E-state index contributed by atoms with van der Waals surface area (Å²) in [6, 6.07) is 8.24. The van der Waals surface area contributed by atoms with E-state index in [0.29, 0.717) is 6.54 Å². The number of hydrogen-bond acceptors (Lipinski definition) is 4. The summed E-state index contributed by atoms with van der Waals surface area (Å²) in [5.74, 6) is 0. The fourth-order valence-corrected chi connectivity index (χ4v) is 2.37. The molecule has 0 saturated carbocycles. The van der Waals surface area contributed by atoms with E-state index in [0.717, 1.165) is 25.3 Å². The molecule has 1 heterocycles. The third kappa shape index (κ3) is 5.22. The molecule has 22 heavy (non-hydrogen) atoms. The first kappa shape index (κ1) is 16.6. The van der Waals surface area contributed by atoms with Crippen LogP contribution >= 0.6 is 0 Å². The average molecular weight is 306 g/mol. The van der Waals surface area contributed by atoms with Crippen molar-refractivity contribution in [1.29, 1.82) is 0 Å². The van der Waals surface area contributed by atoms with Gasteiger partial charge in [0.05, 0.1) is 12.7 Å². The Morgan fingerprint density at radius 1 is 1.36 bits per heavy atom. The number of anilines is 1. The van der Waals surface area contributed by atoms with Crippen LogP contribution in [0, 0.1) is 0 Å². The zero-order valence-electron chi connectivity index (χ0n) is 13.9. The predicted molar refractivity (Wildman–Crippen MR) is 87.1 cm³/mol. The minimum Gasteiger partial charge on any atom is -0.444 e. The number of amides is 1. The van der Waals surface area contributed by atoms with Gasteiger partial charge in [-0.25, -0.2) is 4.79 Å². The molecule has 1 amide bonds. The Morgan fingerprint density at radius 2 is 2.05 bits per heavy atom. The van der Waals surface area contributed by atoms with Crippen LogP contribution in [-0.2, 0) is 16.0 Å². The van der Waals surface area contributed by atoms with E-state index in [1.165, 1.54) is 5.69 Å². The van der Waals surface area contributed by atoms with Gasteiger partial charge in [-0.15, -0.1) is 0 Å². The van der Waals surface area contributed by atoms with Crippen LogP contribution in [0.4, 0.5) is 10.5 Å². The van der Waals surface area contributed by atoms with E-state index in [1.807, 2.05) is 32.9 Å². The Bertz CT molecular complexity index is 494. The molecule has 5 nitrogen and oxygen atoms in total. The molecule has 1 aromatic rings. The number of alkyl carbamates (subject to hydrolysis) is 1. The summed E-state index contributed by atoms with van der Waals surface area (Å²) >= 11 is 0. The number of benzene rings is 1. The molecule has 1 atom stereocenters. The molecule has 5 heteroatoms. The molecule has 1 fully saturated rings. The van der Waals surface area contributed by atoms with Gasteiger partial charge < -0.3 is 19.7 Å². The van der Waals surface area contributed by atoms with E-state index >= 15 is 0 Å². The Labute approximate surface area is 132 Å². The van der Waals surface area contributed by atoms with Crippen molar-refractivity contribution in [2.24, 2.45) is 0 Å². The fraction of sp³-hybridized carbons (Fsp3) is 0.588. The highest BCUT2D eigenvalue weighted by Gasteiger charge is 2.17. The zero-order chi connectivity index (χ0) is 16.2. The van der Waals surface area contributed by atoms with Gasteiger partial charge in [-0.3, -0.25) is 0 Å². The van der Waals surface area contributed by atoms with E-state index in [1.54, 1.807) is 0 Å². The van der Waals surface area contributed by atoms with E-state index in [-0.39, 0.29) is 6.10 Å². The van der Waals surface area contributed by atoms with Crippen LogP contribution in [0.25, 0.3) is 0 Å². The average Bonchev–Trinajstić information content (AvgIpc) is 2.44. The highest BCUT2D eigenvalue weighted by Crippen LogP contribution is 2.18. The summed E-state index contributed by atoms with van der Waals surface area (Å²) in [4.78, 5) is 13.9. The quantitative estimate of drug-likeness (QED) is 0.933. The van der Waals surface area contributed by atoms with Gasteiger partial charge in [0, 0.05) is 25.3 Å². The number of carbonyl (C=O) groups is 1. The number of carbonyl (C=O) groups excluding carboxylic acids is 1. The molecule has 1 aromatic carbocycles. The summed E-state index contributed by atoms with van der Waals surface area (Å²) in [5.41, 5.74) is 1.77. The Hall–Kier alpha value is -1.75. The van der Waals surface area contributed by atoms with Crippen LogP contribution in [0.1, 0.15) is 33.3 Å². The molecule has 1 aliphatic heterocycles. The van der Waals surface area contributed by atoms with Gasteiger partial charge in [-0.2, -0.15) is 0 Å². The van der Waals surface area contributed by atoms with E-state index in [4.69, 9.17) is 9.47 Å². The number of morpholine rings is 1. The van der Waals surface area contributed by atoms with Gasteiger partial charge in [-0.05, 0) is 45.4 Å². The van der Waals surface area contributed by atoms with Crippen LogP contribution in [0.3, 0.4) is 0 Å². The van der Waals surface area contributed by atoms with Crippen LogP contribution < -0.4 is 10.2 Å². The number of nitrogens with one attached hydrogen (secondary N) is 1. The standard InChI is InChI=1S/C17H26N2O3/c1-13-12-19(9-10-21-13)15-7-5-14(6-8-15)11-18-16(20)22-17(2,3)4/h5-8,13H,9-12H2,1-4H3,(H,18,20). The second-order valence-corrected chi connectivity index (χ2v) is 6.65. The first-order valence-electron chi connectivity index (χ1n) is 7.76. The minimum absolute atomic E-state index is 0.266. The lowest BCUT2D eigenvalue weighted by Crippen LogP contribution is -2.41. The van der Waals surface area contributed by atoms with Gasteiger partial charge in [-0.1, -0.05) is 12.1 Å². The minimum atomic E-state index is -0.471. The van der Waals surface area contributed by atoms with Gasteiger partial charge in [0.2, 0.25) is 0 Å². The second-order valence-electron chi connectivity index (χ2n) is 6.65. The topological polar surface area (TPSA) is 50.8 Å². The maximum Gasteiger partial charge on any atom is 0.407 e. The highest BCUT2D eigenvalue weighted by molar-refractivity contribution is 5.67. The summed E-state index contributed by atoms with van der Waals surface area (Å²) in [6.07, 6.45) is -0.124. The first-order chi connectivity index (χ1) is 10.3. The molecule has 1 aliphatic rings. The lowest BCUT2D eigenvalue weighted by Gasteiger charge is -2.33. The normalized spacial score (nSPS) is 18.9. The zero-order valence-corrected chi connectivity index (χ0v) is 13.9. The molecule has 0 bridgehead atoms. The van der Waals surface area contributed by atoms with Crippen LogP contribution in [0.2, 0.25) is 0 Å². The molecule has 2 rings (SSSR count). The maximum absolute atomic E-state index is 11.6. The van der Waals surface area contributed by atoms with Gasteiger partial charge in [0.1, 0.15) is 5.60 Å². The number of ether oxygens (including phenoxy) is 2. The van der Waals surface area contributed by atoms with Gasteiger partial charge in [0.25, 0.3) is 0 Å². The molecule has 0 aliphatic carbocycles. The Kier molecular flexibility index (Phi) is 5.29. The molecular formula is C17H26N2O3. The SMILES string of the molecule is CC1CN(c2ccc(CNC(=O)OC(C)(C)C)cc2)CCO1. The summed E-state index contributed by atoms with van der Waals surface area (Å²) in [5, 5.41) is 2.77. The summed E-state index contributed by atoms with van der Waals surface area (Å²) < 4.78 is 10.8. The van der Waals surface area contributed by atoms with Crippen molar-refractivity contribution in [1.82, 2.24) is 5.32 Å². The monoisotopic (exact) mass is 306 g/mol. The van der Waals surface area contributed by atoms with E-state index in [9.17, 15) is 4.79 Å². The smallest absolute Gasteiger partial charge is 0.407 e. The maximum atomic E-state index is 11.6. The number of nitrogens with zero attached hydrogens (tertiary/aromatic N) is 1. The molecular weight excluding hydrogens is 280 g/mol. The van der Waals surface area contributed by atoms with Crippen molar-refractivity contribution in [2.45, 2.75) is 45.9 Å². The number of rotatable bonds is 3. The molecule has 0 aromatic heterocycles. The van der Waals surface area contributed by atoms with Gasteiger partial charge >= 0.3 is 6.09 Å². The van der Waals surface area contributed by atoms with Crippen LogP contribution in [0.15, 0.2) is 24.3 Å². The number of hydrogen-bond donors (Lipinski definition) is 1. The van der Waals surface area contributed by atoms with Crippen molar-refractivity contribution in [3.63, 3.8) is 0 Å². The highest BCUT2D eigenvalue weighted by atomic mass is 16.6. The Morgan fingerprint density at radius 3 is 2.64 bits per heavy atom.